The van der Waals surface area contributed by atoms with Crippen molar-refractivity contribution in [1.82, 2.24) is 0 Å². The van der Waals surface area contributed by atoms with Crippen molar-refractivity contribution in [3.05, 3.63) is 28.2 Å². The van der Waals surface area contributed by atoms with E-state index in [1.807, 2.05) is 18.2 Å². The van der Waals surface area contributed by atoms with E-state index in [-0.39, 0.29) is 6.61 Å². The first-order chi connectivity index (χ1) is 7.54. The third-order valence-corrected chi connectivity index (χ3v) is 4.47. The van der Waals surface area contributed by atoms with E-state index in [2.05, 4.69) is 22.9 Å². The minimum atomic E-state index is -0.440. The Morgan fingerprint density at radius 2 is 2.06 bits per heavy atom. The molecule has 2 nitrogen and oxygen atoms in total. The summed E-state index contributed by atoms with van der Waals surface area (Å²) in [5.41, 5.74) is 0.908. The summed E-state index contributed by atoms with van der Waals surface area (Å²) in [6, 6.07) is 5.88. The van der Waals surface area contributed by atoms with E-state index >= 15 is 0 Å². The van der Waals surface area contributed by atoms with Crippen LogP contribution in [0.25, 0.3) is 0 Å². The van der Waals surface area contributed by atoms with Crippen molar-refractivity contribution >= 4 is 27.7 Å². The van der Waals surface area contributed by atoms with Crippen LogP contribution in [0.1, 0.15) is 31.9 Å². The van der Waals surface area contributed by atoms with Gasteiger partial charge < -0.3 is 10.2 Å². The minimum Gasteiger partial charge on any atom is -0.396 e. The summed E-state index contributed by atoms with van der Waals surface area (Å²) in [5.74, 6) is 0. The van der Waals surface area contributed by atoms with Crippen molar-refractivity contribution in [1.29, 1.82) is 0 Å². The van der Waals surface area contributed by atoms with Gasteiger partial charge in [0.25, 0.3) is 0 Å². The lowest BCUT2D eigenvalue weighted by Crippen LogP contribution is -1.99. The summed E-state index contributed by atoms with van der Waals surface area (Å²) < 4.78 is 1.00. The van der Waals surface area contributed by atoms with Gasteiger partial charge in [-0.15, -0.1) is 11.8 Å². The summed E-state index contributed by atoms with van der Waals surface area (Å²) in [5, 5.41) is 18.7. The molecule has 1 rings (SSSR count). The Bertz CT molecular complexity index is 342. The molecular weight excluding hydrogens is 288 g/mol. The Morgan fingerprint density at radius 3 is 2.56 bits per heavy atom. The van der Waals surface area contributed by atoms with E-state index in [9.17, 15) is 5.11 Å². The van der Waals surface area contributed by atoms with Gasteiger partial charge in [0.15, 0.2) is 0 Å². The Kier molecular flexibility index (Phi) is 5.83. The molecule has 1 aromatic carbocycles. The molecule has 0 saturated heterocycles. The zero-order valence-electron chi connectivity index (χ0n) is 9.48. The lowest BCUT2D eigenvalue weighted by Gasteiger charge is -2.12. The van der Waals surface area contributed by atoms with Crippen LogP contribution in [0.15, 0.2) is 27.6 Å². The third-order valence-electron chi connectivity index (χ3n) is 2.30. The average molecular weight is 305 g/mol. The summed E-state index contributed by atoms with van der Waals surface area (Å²) in [4.78, 5) is 1.14. The first-order valence-corrected chi connectivity index (χ1v) is 6.97. The smallest absolute Gasteiger partial charge is 0.0762 e. The van der Waals surface area contributed by atoms with E-state index in [0.717, 1.165) is 21.4 Å². The monoisotopic (exact) mass is 304 g/mol. The van der Waals surface area contributed by atoms with E-state index in [1.54, 1.807) is 18.7 Å². The predicted octanol–water partition coefficient (Wildman–Crippen LogP) is 3.37. The maximum absolute atomic E-state index is 9.44. The molecule has 2 atom stereocenters. The summed E-state index contributed by atoms with van der Waals surface area (Å²) in [7, 11) is 0. The molecule has 0 fully saturated rings. The Hall–Kier alpha value is -0.0300. The highest BCUT2D eigenvalue weighted by Crippen LogP contribution is 2.33. The SMILES string of the molecule is CC(CCO)Sc1ccc([C@@H](C)O)cc1Br. The zero-order valence-corrected chi connectivity index (χ0v) is 11.9. The zero-order chi connectivity index (χ0) is 12.1. The number of thioether (sulfide) groups is 1. The normalized spacial score (nSPS) is 14.8. The summed E-state index contributed by atoms with van der Waals surface area (Å²) >= 11 is 5.23. The van der Waals surface area contributed by atoms with Gasteiger partial charge in [-0.1, -0.05) is 13.0 Å². The maximum atomic E-state index is 9.44. The van der Waals surface area contributed by atoms with E-state index in [4.69, 9.17) is 5.11 Å². The van der Waals surface area contributed by atoms with Gasteiger partial charge in [0.1, 0.15) is 0 Å². The second-order valence-electron chi connectivity index (χ2n) is 3.81. The van der Waals surface area contributed by atoms with Crippen molar-refractivity contribution < 1.29 is 10.2 Å². The third kappa shape index (κ3) is 4.09. The molecule has 16 heavy (non-hydrogen) atoms. The first-order valence-electron chi connectivity index (χ1n) is 5.29. The van der Waals surface area contributed by atoms with Crippen LogP contribution in [0.3, 0.4) is 0 Å². The average Bonchev–Trinajstić information content (AvgIpc) is 2.21. The number of benzene rings is 1. The van der Waals surface area contributed by atoms with Crippen LogP contribution < -0.4 is 0 Å². The Labute approximate surface area is 109 Å². The molecular formula is C12H17BrO2S. The molecule has 0 amide bonds. The molecule has 0 aliphatic heterocycles. The van der Waals surface area contributed by atoms with Gasteiger partial charge in [0, 0.05) is 21.2 Å². The number of rotatable bonds is 5. The number of aliphatic hydroxyl groups excluding tert-OH is 2. The van der Waals surface area contributed by atoms with Crippen molar-refractivity contribution in [2.45, 2.75) is 36.5 Å². The predicted molar refractivity (Wildman–Crippen MR) is 71.8 cm³/mol. The molecule has 0 bridgehead atoms. The highest BCUT2D eigenvalue weighted by Gasteiger charge is 2.09. The number of hydrogen-bond acceptors (Lipinski definition) is 3. The van der Waals surface area contributed by atoms with Gasteiger partial charge >= 0.3 is 0 Å². The summed E-state index contributed by atoms with van der Waals surface area (Å²) in [6.45, 7) is 4.07. The van der Waals surface area contributed by atoms with E-state index < -0.39 is 6.10 Å². The van der Waals surface area contributed by atoms with Crippen LogP contribution in [-0.4, -0.2) is 22.1 Å². The molecule has 0 saturated carbocycles. The largest absolute Gasteiger partial charge is 0.396 e. The Morgan fingerprint density at radius 1 is 1.38 bits per heavy atom. The fourth-order valence-corrected chi connectivity index (χ4v) is 2.98. The standard InChI is InChI=1S/C12H17BrO2S/c1-8(5-6-14)16-12-4-3-10(9(2)15)7-11(12)13/h3-4,7-9,14-15H,5-6H2,1-2H3/t8?,9-/m1/s1. The van der Waals surface area contributed by atoms with E-state index in [1.165, 1.54) is 0 Å². The van der Waals surface area contributed by atoms with Crippen LogP contribution in [0, 0.1) is 0 Å². The number of hydrogen-bond donors (Lipinski definition) is 2. The first kappa shape index (κ1) is 14.0. The van der Waals surface area contributed by atoms with Gasteiger partial charge in [-0.05, 0) is 47.0 Å². The molecule has 0 radical (unpaired) electrons. The molecule has 1 unspecified atom stereocenters. The van der Waals surface area contributed by atoms with Crippen LogP contribution >= 0.6 is 27.7 Å². The highest BCUT2D eigenvalue weighted by atomic mass is 79.9. The van der Waals surface area contributed by atoms with Gasteiger partial charge in [0.2, 0.25) is 0 Å². The lowest BCUT2D eigenvalue weighted by atomic mass is 10.1. The van der Waals surface area contributed by atoms with Crippen LogP contribution in [0.2, 0.25) is 0 Å². The minimum absolute atomic E-state index is 0.220. The summed E-state index contributed by atoms with van der Waals surface area (Å²) in [6.07, 6.45) is 0.347. The number of halogens is 1. The lowest BCUT2D eigenvalue weighted by molar-refractivity contribution is 0.199. The molecule has 0 aliphatic rings. The molecule has 0 aromatic heterocycles. The Balaban J connectivity index is 2.75. The number of aliphatic hydroxyl groups is 2. The second-order valence-corrected chi connectivity index (χ2v) is 6.14. The fourth-order valence-electron chi connectivity index (χ4n) is 1.33. The van der Waals surface area contributed by atoms with Gasteiger partial charge in [-0.25, -0.2) is 0 Å². The van der Waals surface area contributed by atoms with Crippen molar-refractivity contribution in [2.24, 2.45) is 0 Å². The van der Waals surface area contributed by atoms with Crippen molar-refractivity contribution in [3.63, 3.8) is 0 Å². The van der Waals surface area contributed by atoms with Crippen molar-refractivity contribution in [2.75, 3.05) is 6.61 Å². The second kappa shape index (κ2) is 6.64. The molecule has 0 spiro atoms. The fraction of sp³-hybridized carbons (Fsp3) is 0.500. The molecule has 2 N–H and O–H groups in total. The highest BCUT2D eigenvalue weighted by molar-refractivity contribution is 9.10. The van der Waals surface area contributed by atoms with E-state index in [0.29, 0.717) is 5.25 Å². The van der Waals surface area contributed by atoms with Gasteiger partial charge in [-0.3, -0.25) is 0 Å². The molecule has 0 aliphatic carbocycles. The van der Waals surface area contributed by atoms with Crippen LogP contribution in [-0.2, 0) is 0 Å². The maximum Gasteiger partial charge on any atom is 0.0762 e. The van der Waals surface area contributed by atoms with Gasteiger partial charge in [-0.2, -0.15) is 0 Å². The molecule has 1 aromatic rings. The van der Waals surface area contributed by atoms with Crippen LogP contribution in [0.4, 0.5) is 0 Å². The topological polar surface area (TPSA) is 40.5 Å². The van der Waals surface area contributed by atoms with Crippen molar-refractivity contribution in [3.8, 4) is 0 Å². The molecule has 0 heterocycles. The van der Waals surface area contributed by atoms with Gasteiger partial charge in [0.05, 0.1) is 6.10 Å². The molecule has 90 valence electrons. The molecule has 4 heteroatoms. The van der Waals surface area contributed by atoms with Crippen LogP contribution in [0.5, 0.6) is 0 Å². The quantitative estimate of drug-likeness (QED) is 0.820.